The second-order valence-electron chi connectivity index (χ2n) is 6.05. The highest BCUT2D eigenvalue weighted by molar-refractivity contribution is 5.94. The van der Waals surface area contributed by atoms with Gasteiger partial charge in [-0.1, -0.05) is 0 Å². The van der Waals surface area contributed by atoms with Gasteiger partial charge in [0.15, 0.2) is 0 Å². The van der Waals surface area contributed by atoms with Gasteiger partial charge in [-0.05, 0) is 37.1 Å². The maximum atomic E-state index is 12.5. The number of anilines is 1. The number of ketones is 1. The van der Waals surface area contributed by atoms with Crippen LogP contribution in [0.25, 0.3) is 0 Å². The molecule has 0 spiro atoms. The Hall–Kier alpha value is -2.52. The largest absolute Gasteiger partial charge is 0.454 e. The van der Waals surface area contributed by atoms with E-state index >= 15 is 0 Å². The molecule has 148 valence electrons. The summed E-state index contributed by atoms with van der Waals surface area (Å²) < 4.78 is 73.9. The molecule has 27 heavy (non-hydrogen) atoms. The number of carbonyl (C=O) groups is 2. The molecule has 0 aliphatic carbocycles. The van der Waals surface area contributed by atoms with Crippen molar-refractivity contribution in [3.8, 4) is 0 Å². The molecule has 1 saturated heterocycles. The molecule has 0 unspecified atom stereocenters. The summed E-state index contributed by atoms with van der Waals surface area (Å²) in [6.07, 6.45) is -7.19. The summed E-state index contributed by atoms with van der Waals surface area (Å²) in [5.41, 5.74) is -0.597. The van der Waals surface area contributed by atoms with E-state index in [2.05, 4.69) is 5.32 Å². The van der Waals surface area contributed by atoms with E-state index in [1.807, 2.05) is 0 Å². The maximum absolute atomic E-state index is 12.5. The molecule has 0 aromatic heterocycles. The number of likely N-dealkylation sites (tertiary alicyclic amines) is 1. The number of benzene rings is 1. The number of nitrogens with one attached hydrogen (secondary N) is 1. The Bertz CT molecular complexity index is 702. The van der Waals surface area contributed by atoms with Crippen LogP contribution in [-0.2, 0) is 15.8 Å². The molecule has 1 amide bonds. The van der Waals surface area contributed by atoms with Crippen LogP contribution in [0.1, 0.15) is 18.4 Å². The van der Waals surface area contributed by atoms with Crippen molar-refractivity contribution in [2.45, 2.75) is 25.2 Å². The van der Waals surface area contributed by atoms with E-state index in [1.165, 1.54) is 4.90 Å². The van der Waals surface area contributed by atoms with E-state index in [1.54, 1.807) is 0 Å². The van der Waals surface area contributed by atoms with Crippen LogP contribution < -0.4 is 5.32 Å². The number of hydrogen-bond donors (Lipinski definition) is 1. The van der Waals surface area contributed by atoms with Gasteiger partial charge >= 0.3 is 12.4 Å². The maximum Gasteiger partial charge on any atom is 0.454 e. The predicted octanol–water partition coefficient (Wildman–Crippen LogP) is 4.00. The van der Waals surface area contributed by atoms with Crippen LogP contribution in [0.2, 0.25) is 0 Å². The molecule has 2 rings (SSSR count). The third-order valence-corrected chi connectivity index (χ3v) is 4.10. The van der Waals surface area contributed by atoms with E-state index in [-0.39, 0.29) is 24.7 Å². The van der Waals surface area contributed by atoms with Crippen LogP contribution in [0.5, 0.6) is 0 Å². The molecule has 0 atom stereocenters. The summed E-state index contributed by atoms with van der Waals surface area (Å²) in [5.74, 6) is -2.75. The van der Waals surface area contributed by atoms with Gasteiger partial charge in [-0.2, -0.15) is 26.3 Å². The summed E-state index contributed by atoms with van der Waals surface area (Å²) in [4.78, 5) is 24.5. The smallest absolute Gasteiger partial charge is 0.377 e. The number of rotatable bonds is 4. The SMILES string of the molecule is O=C(Nc1ccc(C(F)(F)F)cc1)C1CCN(/C=C/C(=O)C(F)(F)F)CC1. The monoisotopic (exact) mass is 394 g/mol. The Morgan fingerprint density at radius 2 is 1.56 bits per heavy atom. The summed E-state index contributed by atoms with van der Waals surface area (Å²) in [6, 6.07) is 4.03. The second-order valence-corrected chi connectivity index (χ2v) is 6.05. The Labute approximate surface area is 150 Å². The van der Waals surface area contributed by atoms with Gasteiger partial charge in [0.1, 0.15) is 0 Å². The van der Waals surface area contributed by atoms with Gasteiger partial charge in [0.25, 0.3) is 5.78 Å². The van der Waals surface area contributed by atoms with Crippen LogP contribution >= 0.6 is 0 Å². The first-order chi connectivity index (χ1) is 12.5. The van der Waals surface area contributed by atoms with Crippen molar-refractivity contribution in [1.82, 2.24) is 4.90 Å². The fraction of sp³-hybridized carbons (Fsp3) is 0.412. The third-order valence-electron chi connectivity index (χ3n) is 4.10. The van der Waals surface area contributed by atoms with Gasteiger partial charge in [-0.3, -0.25) is 9.59 Å². The van der Waals surface area contributed by atoms with Crippen molar-refractivity contribution < 1.29 is 35.9 Å². The lowest BCUT2D eigenvalue weighted by atomic mass is 9.96. The Morgan fingerprint density at radius 3 is 2.04 bits per heavy atom. The van der Waals surface area contributed by atoms with E-state index in [4.69, 9.17) is 0 Å². The van der Waals surface area contributed by atoms with Crippen molar-refractivity contribution >= 4 is 17.4 Å². The third kappa shape index (κ3) is 6.00. The molecule has 10 heteroatoms. The van der Waals surface area contributed by atoms with Crippen LogP contribution in [0, 0.1) is 5.92 Å². The molecule has 0 radical (unpaired) electrons. The summed E-state index contributed by atoms with van der Waals surface area (Å²) in [6.45, 7) is 0.569. The van der Waals surface area contributed by atoms with Crippen LogP contribution in [-0.4, -0.2) is 35.9 Å². The number of allylic oxidation sites excluding steroid dienone is 1. The topological polar surface area (TPSA) is 49.4 Å². The molecule has 0 bridgehead atoms. The van der Waals surface area contributed by atoms with Crippen LogP contribution in [0.3, 0.4) is 0 Å². The average molecular weight is 394 g/mol. The number of hydrogen-bond acceptors (Lipinski definition) is 3. The van der Waals surface area contributed by atoms with Gasteiger partial charge in [0, 0.05) is 37.0 Å². The van der Waals surface area contributed by atoms with Crippen molar-refractivity contribution in [3.63, 3.8) is 0 Å². The van der Waals surface area contributed by atoms with E-state index in [0.29, 0.717) is 18.9 Å². The molecule has 0 saturated carbocycles. The minimum Gasteiger partial charge on any atom is -0.377 e. The normalized spacial score (nSPS) is 16.6. The van der Waals surface area contributed by atoms with Gasteiger partial charge < -0.3 is 10.2 Å². The standard InChI is InChI=1S/C17H16F6N2O2/c18-16(19,20)12-1-3-13(4-2-12)24-15(27)11-5-8-25(9-6-11)10-7-14(26)17(21,22)23/h1-4,7,10-11H,5-6,8-9H2,(H,24,27)/b10-7+. The number of alkyl halides is 6. The second kappa shape index (κ2) is 8.01. The van der Waals surface area contributed by atoms with E-state index in [0.717, 1.165) is 30.5 Å². The molecule has 1 heterocycles. The fourth-order valence-electron chi connectivity index (χ4n) is 2.57. The average Bonchev–Trinajstić information content (AvgIpc) is 2.59. The Kier molecular flexibility index (Phi) is 6.17. The van der Waals surface area contributed by atoms with E-state index < -0.39 is 29.6 Å². The van der Waals surface area contributed by atoms with Gasteiger partial charge in [0.2, 0.25) is 5.91 Å². The van der Waals surface area contributed by atoms with Gasteiger partial charge in [-0.15, -0.1) is 0 Å². The van der Waals surface area contributed by atoms with Crippen molar-refractivity contribution in [2.24, 2.45) is 5.92 Å². The lowest BCUT2D eigenvalue weighted by Gasteiger charge is -2.30. The molecule has 1 aliphatic heterocycles. The molecular weight excluding hydrogens is 378 g/mol. The number of piperidine rings is 1. The molecule has 1 N–H and O–H groups in total. The fourth-order valence-corrected chi connectivity index (χ4v) is 2.57. The lowest BCUT2D eigenvalue weighted by molar-refractivity contribution is -0.165. The molecule has 1 aromatic carbocycles. The first-order valence-electron chi connectivity index (χ1n) is 7.98. The quantitative estimate of drug-likeness (QED) is 0.621. The lowest BCUT2D eigenvalue weighted by Crippen LogP contribution is -2.35. The highest BCUT2D eigenvalue weighted by atomic mass is 19.4. The first kappa shape index (κ1) is 20.8. The Morgan fingerprint density at radius 1 is 1.00 bits per heavy atom. The zero-order valence-corrected chi connectivity index (χ0v) is 13.9. The summed E-state index contributed by atoms with van der Waals surface area (Å²) in [7, 11) is 0. The van der Waals surface area contributed by atoms with Gasteiger partial charge in [0.05, 0.1) is 5.56 Å². The molecule has 4 nitrogen and oxygen atoms in total. The van der Waals surface area contributed by atoms with Gasteiger partial charge in [-0.25, -0.2) is 0 Å². The predicted molar refractivity (Wildman–Crippen MR) is 84.6 cm³/mol. The first-order valence-corrected chi connectivity index (χ1v) is 7.98. The van der Waals surface area contributed by atoms with Crippen molar-refractivity contribution in [2.75, 3.05) is 18.4 Å². The number of carbonyl (C=O) groups excluding carboxylic acids is 2. The van der Waals surface area contributed by atoms with Crippen LogP contribution in [0.4, 0.5) is 32.0 Å². The highest BCUT2D eigenvalue weighted by Crippen LogP contribution is 2.30. The molecular formula is C17H16F6N2O2. The minimum atomic E-state index is -4.92. The number of nitrogens with zero attached hydrogens (tertiary/aromatic N) is 1. The summed E-state index contributed by atoms with van der Waals surface area (Å²) in [5, 5.41) is 2.53. The number of halogens is 6. The molecule has 1 fully saturated rings. The zero-order valence-electron chi connectivity index (χ0n) is 13.9. The van der Waals surface area contributed by atoms with Crippen molar-refractivity contribution in [3.05, 3.63) is 42.1 Å². The zero-order chi connectivity index (χ0) is 20.2. The summed E-state index contributed by atoms with van der Waals surface area (Å²) >= 11 is 0. The van der Waals surface area contributed by atoms with Crippen molar-refractivity contribution in [1.29, 1.82) is 0 Å². The molecule has 1 aromatic rings. The minimum absolute atomic E-state index is 0.228. The highest BCUT2D eigenvalue weighted by Gasteiger charge is 2.36. The van der Waals surface area contributed by atoms with Crippen LogP contribution in [0.15, 0.2) is 36.5 Å². The molecule has 1 aliphatic rings. The number of amides is 1. The Balaban J connectivity index is 1.84. The van der Waals surface area contributed by atoms with E-state index in [9.17, 15) is 35.9 Å².